The van der Waals surface area contributed by atoms with Gasteiger partial charge in [0.25, 0.3) is 0 Å². The first kappa shape index (κ1) is 13.9. The van der Waals surface area contributed by atoms with Gasteiger partial charge in [0.2, 0.25) is 0 Å². The molecule has 0 unspecified atom stereocenters. The lowest BCUT2D eigenvalue weighted by Gasteiger charge is -2.10. The van der Waals surface area contributed by atoms with E-state index >= 15 is 0 Å². The lowest BCUT2D eigenvalue weighted by Crippen LogP contribution is -2.35. The number of halogens is 1. The predicted molar refractivity (Wildman–Crippen MR) is 60.5 cm³/mol. The van der Waals surface area contributed by atoms with Gasteiger partial charge in [0.15, 0.2) is 0 Å². The molecule has 0 radical (unpaired) electrons. The van der Waals surface area contributed by atoms with Crippen molar-refractivity contribution < 1.29 is 9.63 Å². The third kappa shape index (κ3) is 6.06. The number of benzene rings is 1. The fourth-order valence-corrected chi connectivity index (χ4v) is 1.18. The number of rotatable bonds is 6. The second-order valence-electron chi connectivity index (χ2n) is 3.01. The van der Waals surface area contributed by atoms with Crippen LogP contribution >= 0.6 is 12.4 Å². The summed E-state index contributed by atoms with van der Waals surface area (Å²) < 4.78 is 0. The topological polar surface area (TPSA) is 64.3 Å². The van der Waals surface area contributed by atoms with Crippen LogP contribution in [0.2, 0.25) is 0 Å². The molecule has 5 heteroatoms. The van der Waals surface area contributed by atoms with E-state index < -0.39 is 0 Å². The summed E-state index contributed by atoms with van der Waals surface area (Å²) in [5.41, 5.74) is 9.42. The van der Waals surface area contributed by atoms with E-state index in [0.717, 1.165) is 6.42 Å². The van der Waals surface area contributed by atoms with Crippen molar-refractivity contribution in [2.75, 3.05) is 6.54 Å². The first-order valence-corrected chi connectivity index (χ1v) is 4.44. The molecule has 0 saturated carbocycles. The van der Waals surface area contributed by atoms with E-state index in [0.29, 0.717) is 13.0 Å². The van der Waals surface area contributed by atoms with Gasteiger partial charge in [-0.2, -0.15) is 5.48 Å². The number of nitrogens with one attached hydrogen (secondary N) is 1. The highest BCUT2D eigenvalue weighted by Crippen LogP contribution is 2.00. The maximum atomic E-state index is 9.82. The second-order valence-corrected chi connectivity index (χ2v) is 3.01. The average Bonchev–Trinajstić information content (AvgIpc) is 2.20. The molecule has 1 aromatic carbocycles. The van der Waals surface area contributed by atoms with Crippen LogP contribution in [0.3, 0.4) is 0 Å². The Morgan fingerprint density at radius 3 is 2.67 bits per heavy atom. The van der Waals surface area contributed by atoms with Crippen molar-refractivity contribution in [3.63, 3.8) is 0 Å². The minimum Gasteiger partial charge on any atom is -0.374 e. The van der Waals surface area contributed by atoms with Crippen molar-refractivity contribution >= 4 is 18.9 Å². The zero-order valence-electron chi connectivity index (χ0n) is 8.26. The largest absolute Gasteiger partial charge is 0.374 e. The number of carbonyl (C=O) groups is 1. The lowest BCUT2D eigenvalue weighted by atomic mass is 10.1. The summed E-state index contributed by atoms with van der Waals surface area (Å²) in [5, 5.41) is 0. The summed E-state index contributed by atoms with van der Waals surface area (Å²) in [4.78, 5) is 14.2. The zero-order chi connectivity index (χ0) is 10.2. The summed E-state index contributed by atoms with van der Waals surface area (Å²) in [5.74, 6) is 0. The Bertz CT molecular complexity index is 269. The van der Waals surface area contributed by atoms with Crippen molar-refractivity contribution in [2.24, 2.45) is 5.73 Å². The smallest absolute Gasteiger partial charge is 0.312 e. The van der Waals surface area contributed by atoms with Crippen LogP contribution in [0.5, 0.6) is 0 Å². The highest BCUT2D eigenvalue weighted by molar-refractivity contribution is 5.85. The summed E-state index contributed by atoms with van der Waals surface area (Å²) in [6.45, 7) is 0.795. The quantitative estimate of drug-likeness (QED) is 0.428. The SMILES string of the molecule is Cl.N[C@@H](CNOC=O)Cc1ccccc1. The number of hydroxylamine groups is 1. The van der Waals surface area contributed by atoms with E-state index in [2.05, 4.69) is 10.3 Å². The molecule has 4 nitrogen and oxygen atoms in total. The van der Waals surface area contributed by atoms with Crippen LogP contribution in [-0.4, -0.2) is 19.1 Å². The average molecular weight is 231 g/mol. The molecule has 0 amide bonds. The molecule has 1 rings (SSSR count). The molecule has 0 aromatic heterocycles. The summed E-state index contributed by atoms with van der Waals surface area (Å²) >= 11 is 0. The van der Waals surface area contributed by atoms with Gasteiger partial charge in [-0.3, -0.25) is 4.79 Å². The minimum atomic E-state index is -0.0580. The van der Waals surface area contributed by atoms with Gasteiger partial charge in [0, 0.05) is 12.6 Å². The Morgan fingerprint density at radius 2 is 2.07 bits per heavy atom. The Morgan fingerprint density at radius 1 is 1.40 bits per heavy atom. The van der Waals surface area contributed by atoms with Gasteiger partial charge in [-0.1, -0.05) is 30.3 Å². The fourth-order valence-electron chi connectivity index (χ4n) is 1.18. The van der Waals surface area contributed by atoms with Crippen molar-refractivity contribution in [3.8, 4) is 0 Å². The molecule has 0 aliphatic heterocycles. The molecule has 84 valence electrons. The molecule has 3 N–H and O–H groups in total. The third-order valence-electron chi connectivity index (χ3n) is 1.82. The van der Waals surface area contributed by atoms with Gasteiger partial charge in [0.1, 0.15) is 0 Å². The lowest BCUT2D eigenvalue weighted by molar-refractivity contribution is -0.135. The Balaban J connectivity index is 0.00000196. The highest BCUT2D eigenvalue weighted by Gasteiger charge is 2.02. The van der Waals surface area contributed by atoms with Crippen molar-refractivity contribution in [1.82, 2.24) is 5.48 Å². The van der Waals surface area contributed by atoms with Crippen LogP contribution in [0.15, 0.2) is 30.3 Å². The normalized spacial score (nSPS) is 11.3. The molecular formula is C10H15ClN2O2. The van der Waals surface area contributed by atoms with Crippen LogP contribution in [0.1, 0.15) is 5.56 Å². The summed E-state index contributed by atoms with van der Waals surface area (Å²) in [7, 11) is 0. The van der Waals surface area contributed by atoms with Gasteiger partial charge in [-0.25, -0.2) is 0 Å². The van der Waals surface area contributed by atoms with Crippen LogP contribution in [0.25, 0.3) is 0 Å². The molecule has 0 saturated heterocycles. The van der Waals surface area contributed by atoms with Crippen molar-refractivity contribution in [1.29, 1.82) is 0 Å². The summed E-state index contributed by atoms with van der Waals surface area (Å²) in [6.07, 6.45) is 0.760. The maximum Gasteiger partial charge on any atom is 0.312 e. The van der Waals surface area contributed by atoms with Crippen molar-refractivity contribution in [3.05, 3.63) is 35.9 Å². The molecule has 1 atom stereocenters. The molecule has 0 heterocycles. The van der Waals surface area contributed by atoms with Gasteiger partial charge in [-0.15, -0.1) is 12.4 Å². The number of hydrogen-bond acceptors (Lipinski definition) is 4. The molecule has 0 spiro atoms. The molecule has 1 aromatic rings. The number of carbonyl (C=O) groups excluding carboxylic acids is 1. The van der Waals surface area contributed by atoms with Gasteiger partial charge in [-0.05, 0) is 12.0 Å². The van der Waals surface area contributed by atoms with Gasteiger partial charge >= 0.3 is 6.47 Å². The zero-order valence-corrected chi connectivity index (χ0v) is 9.07. The van der Waals surface area contributed by atoms with E-state index in [4.69, 9.17) is 5.73 Å². The molecule has 0 bridgehead atoms. The predicted octanol–water partition coefficient (Wildman–Crippen LogP) is 0.656. The van der Waals surface area contributed by atoms with Crippen LogP contribution < -0.4 is 11.2 Å². The monoisotopic (exact) mass is 230 g/mol. The van der Waals surface area contributed by atoms with E-state index in [-0.39, 0.29) is 18.4 Å². The van der Waals surface area contributed by atoms with Crippen LogP contribution in [0.4, 0.5) is 0 Å². The van der Waals surface area contributed by atoms with E-state index in [9.17, 15) is 4.79 Å². The van der Waals surface area contributed by atoms with Crippen molar-refractivity contribution in [2.45, 2.75) is 12.5 Å². The summed E-state index contributed by atoms with van der Waals surface area (Å²) in [6, 6.07) is 9.87. The maximum absolute atomic E-state index is 9.82. The molecule has 15 heavy (non-hydrogen) atoms. The molecule has 0 fully saturated rings. The van der Waals surface area contributed by atoms with E-state index in [1.54, 1.807) is 0 Å². The first-order valence-electron chi connectivity index (χ1n) is 4.44. The third-order valence-corrected chi connectivity index (χ3v) is 1.82. The fraction of sp³-hybridized carbons (Fsp3) is 0.300. The number of hydrogen-bond donors (Lipinski definition) is 2. The minimum absolute atomic E-state index is 0. The number of nitrogens with two attached hydrogens (primary N) is 1. The molecular weight excluding hydrogens is 216 g/mol. The van der Waals surface area contributed by atoms with Gasteiger partial charge < -0.3 is 10.6 Å². The second kappa shape index (κ2) is 8.23. The Labute approximate surface area is 95.2 Å². The van der Waals surface area contributed by atoms with Crippen LogP contribution in [0, 0.1) is 0 Å². The Hall–Kier alpha value is -1.10. The first-order chi connectivity index (χ1) is 6.83. The van der Waals surface area contributed by atoms with E-state index in [1.807, 2.05) is 30.3 Å². The van der Waals surface area contributed by atoms with Crippen LogP contribution in [-0.2, 0) is 16.1 Å². The standard InChI is InChI=1S/C10H14N2O2.ClH/c11-10(7-12-14-8-13)6-9-4-2-1-3-5-9;/h1-5,8,10,12H,6-7,11H2;1H/t10-;/m1./s1. The molecule has 0 aliphatic carbocycles. The highest BCUT2D eigenvalue weighted by atomic mass is 35.5. The van der Waals surface area contributed by atoms with E-state index in [1.165, 1.54) is 5.56 Å². The Kier molecular flexibility index (Phi) is 7.62. The van der Waals surface area contributed by atoms with Gasteiger partial charge in [0.05, 0.1) is 0 Å². The molecule has 0 aliphatic rings.